The van der Waals surface area contributed by atoms with Gasteiger partial charge >= 0.3 is 0 Å². The second-order valence-electron chi connectivity index (χ2n) is 6.52. The largest absolute Gasteiger partial charge is 0.481 e. The van der Waals surface area contributed by atoms with Crippen molar-refractivity contribution in [2.45, 2.75) is 13.0 Å². The molecular weight excluding hydrogens is 369 g/mol. The SMILES string of the molecule is CC(Oc1ccc(-c2cnc3ccccc3n2)cc1)C(=O)Nc1ccc(F)cc1. The summed E-state index contributed by atoms with van der Waals surface area (Å²) in [6.45, 7) is 1.65. The van der Waals surface area contributed by atoms with E-state index < -0.39 is 6.10 Å². The number of anilines is 1. The van der Waals surface area contributed by atoms with Crippen LogP contribution in [0.4, 0.5) is 10.1 Å². The molecule has 4 rings (SSSR count). The zero-order chi connectivity index (χ0) is 20.2. The number of rotatable bonds is 5. The lowest BCUT2D eigenvalue weighted by Crippen LogP contribution is -2.30. The predicted octanol–water partition coefficient (Wildman–Crippen LogP) is 4.84. The molecule has 0 spiro atoms. The normalized spacial score (nSPS) is 11.8. The van der Waals surface area contributed by atoms with Crippen molar-refractivity contribution in [2.24, 2.45) is 0 Å². The first-order chi connectivity index (χ1) is 14.1. The van der Waals surface area contributed by atoms with Crippen molar-refractivity contribution in [3.63, 3.8) is 0 Å². The van der Waals surface area contributed by atoms with Crippen molar-refractivity contribution in [2.75, 3.05) is 5.32 Å². The van der Waals surface area contributed by atoms with Crippen LogP contribution in [0.3, 0.4) is 0 Å². The Morgan fingerprint density at radius 3 is 2.38 bits per heavy atom. The van der Waals surface area contributed by atoms with Gasteiger partial charge in [-0.3, -0.25) is 9.78 Å². The van der Waals surface area contributed by atoms with Gasteiger partial charge in [0.2, 0.25) is 0 Å². The molecule has 0 saturated carbocycles. The molecule has 0 aliphatic rings. The highest BCUT2D eigenvalue weighted by atomic mass is 19.1. The van der Waals surface area contributed by atoms with Crippen LogP contribution in [0.2, 0.25) is 0 Å². The molecule has 144 valence electrons. The Balaban J connectivity index is 1.43. The van der Waals surface area contributed by atoms with E-state index in [9.17, 15) is 9.18 Å². The topological polar surface area (TPSA) is 64.1 Å². The number of carbonyl (C=O) groups is 1. The van der Waals surface area contributed by atoms with Gasteiger partial charge in [-0.05, 0) is 67.6 Å². The Kier molecular flexibility index (Phi) is 5.16. The monoisotopic (exact) mass is 387 g/mol. The molecule has 29 heavy (non-hydrogen) atoms. The van der Waals surface area contributed by atoms with E-state index in [0.29, 0.717) is 11.4 Å². The molecule has 1 unspecified atom stereocenters. The second-order valence-corrected chi connectivity index (χ2v) is 6.52. The third kappa shape index (κ3) is 4.38. The maximum Gasteiger partial charge on any atom is 0.265 e. The minimum atomic E-state index is -0.716. The van der Waals surface area contributed by atoms with Crippen molar-refractivity contribution in [3.05, 3.63) is 84.8 Å². The van der Waals surface area contributed by atoms with Gasteiger partial charge in [-0.25, -0.2) is 9.37 Å². The molecule has 5 nitrogen and oxygen atoms in total. The van der Waals surface area contributed by atoms with Gasteiger partial charge in [0.1, 0.15) is 11.6 Å². The summed E-state index contributed by atoms with van der Waals surface area (Å²) < 4.78 is 18.7. The molecule has 1 atom stereocenters. The molecule has 6 heteroatoms. The van der Waals surface area contributed by atoms with Crippen LogP contribution in [0.25, 0.3) is 22.3 Å². The van der Waals surface area contributed by atoms with Gasteiger partial charge in [-0.2, -0.15) is 0 Å². The Morgan fingerprint density at radius 2 is 1.66 bits per heavy atom. The third-order valence-electron chi connectivity index (χ3n) is 4.39. The van der Waals surface area contributed by atoms with E-state index in [1.54, 1.807) is 25.3 Å². The second kappa shape index (κ2) is 8.06. The molecule has 3 aromatic carbocycles. The molecule has 1 heterocycles. The fourth-order valence-electron chi connectivity index (χ4n) is 2.84. The molecule has 0 fully saturated rings. The average molecular weight is 387 g/mol. The molecule has 0 bridgehead atoms. The lowest BCUT2D eigenvalue weighted by Gasteiger charge is -2.15. The van der Waals surface area contributed by atoms with E-state index >= 15 is 0 Å². The number of hydrogen-bond donors (Lipinski definition) is 1. The van der Waals surface area contributed by atoms with Crippen LogP contribution in [0.1, 0.15) is 6.92 Å². The highest BCUT2D eigenvalue weighted by Gasteiger charge is 2.15. The smallest absolute Gasteiger partial charge is 0.265 e. The highest BCUT2D eigenvalue weighted by Crippen LogP contribution is 2.23. The van der Waals surface area contributed by atoms with E-state index in [0.717, 1.165) is 22.3 Å². The Bertz CT molecular complexity index is 1140. The standard InChI is InChI=1S/C23H18FN3O2/c1-15(23(28)26-18-10-8-17(24)9-11-18)29-19-12-6-16(7-13-19)22-14-25-20-4-2-3-5-21(20)27-22/h2-15H,1H3,(H,26,28). The number of benzene rings is 3. The number of ether oxygens (including phenoxy) is 1. The van der Waals surface area contributed by atoms with E-state index in [2.05, 4.69) is 15.3 Å². The maximum atomic E-state index is 13.0. The van der Waals surface area contributed by atoms with Crippen LogP contribution >= 0.6 is 0 Å². The van der Waals surface area contributed by atoms with Crippen molar-refractivity contribution in [1.82, 2.24) is 9.97 Å². The minimum Gasteiger partial charge on any atom is -0.481 e. The Labute approximate surface area is 167 Å². The molecule has 4 aromatic rings. The zero-order valence-electron chi connectivity index (χ0n) is 15.7. The zero-order valence-corrected chi connectivity index (χ0v) is 15.7. The summed E-state index contributed by atoms with van der Waals surface area (Å²) in [6.07, 6.45) is 1.02. The van der Waals surface area contributed by atoms with Gasteiger partial charge in [-0.15, -0.1) is 0 Å². The van der Waals surface area contributed by atoms with Crippen LogP contribution in [0, 0.1) is 5.82 Å². The van der Waals surface area contributed by atoms with Crippen LogP contribution in [-0.4, -0.2) is 22.0 Å². The summed E-state index contributed by atoms with van der Waals surface area (Å²) in [7, 11) is 0. The number of amides is 1. The van der Waals surface area contributed by atoms with Crippen molar-refractivity contribution < 1.29 is 13.9 Å². The number of nitrogens with zero attached hydrogens (tertiary/aromatic N) is 2. The first-order valence-corrected chi connectivity index (χ1v) is 9.14. The minimum absolute atomic E-state index is 0.318. The molecule has 0 aliphatic carbocycles. The summed E-state index contributed by atoms with van der Waals surface area (Å²) in [5, 5.41) is 2.69. The van der Waals surface area contributed by atoms with Crippen molar-refractivity contribution >= 4 is 22.6 Å². The number of hydrogen-bond acceptors (Lipinski definition) is 4. The number of aromatic nitrogens is 2. The summed E-state index contributed by atoms with van der Waals surface area (Å²) in [5.74, 6) is -0.117. The molecule has 0 radical (unpaired) electrons. The number of nitrogens with one attached hydrogen (secondary N) is 1. The summed E-state index contributed by atoms with van der Waals surface area (Å²) in [5.41, 5.74) is 3.85. The predicted molar refractivity (Wildman–Crippen MR) is 110 cm³/mol. The first-order valence-electron chi connectivity index (χ1n) is 9.14. The van der Waals surface area contributed by atoms with Gasteiger partial charge in [0.25, 0.3) is 5.91 Å². The molecule has 1 amide bonds. The highest BCUT2D eigenvalue weighted by molar-refractivity contribution is 5.94. The van der Waals surface area contributed by atoms with Gasteiger partial charge in [0.05, 0.1) is 22.9 Å². The van der Waals surface area contributed by atoms with Crippen LogP contribution < -0.4 is 10.1 Å². The fourth-order valence-corrected chi connectivity index (χ4v) is 2.84. The Hall–Kier alpha value is -3.80. The fraction of sp³-hybridized carbons (Fsp3) is 0.0870. The number of halogens is 1. The summed E-state index contributed by atoms with van der Waals surface area (Å²) >= 11 is 0. The van der Waals surface area contributed by atoms with E-state index in [4.69, 9.17) is 4.74 Å². The number of para-hydroxylation sites is 2. The first kappa shape index (κ1) is 18.6. The lowest BCUT2D eigenvalue weighted by atomic mass is 10.1. The van der Waals surface area contributed by atoms with E-state index in [-0.39, 0.29) is 11.7 Å². The number of carbonyl (C=O) groups excluding carboxylic acids is 1. The van der Waals surface area contributed by atoms with Crippen LogP contribution in [0.15, 0.2) is 79.0 Å². The molecular formula is C23H18FN3O2. The van der Waals surface area contributed by atoms with Gasteiger partial charge in [-0.1, -0.05) is 12.1 Å². The molecule has 1 N–H and O–H groups in total. The summed E-state index contributed by atoms with van der Waals surface area (Å²) in [6, 6.07) is 20.6. The molecule has 1 aromatic heterocycles. The van der Waals surface area contributed by atoms with Crippen molar-refractivity contribution in [3.8, 4) is 17.0 Å². The van der Waals surface area contributed by atoms with Gasteiger partial charge in [0, 0.05) is 11.3 Å². The maximum absolute atomic E-state index is 13.0. The average Bonchev–Trinajstić information content (AvgIpc) is 2.75. The molecule has 0 aliphatic heterocycles. The van der Waals surface area contributed by atoms with Crippen molar-refractivity contribution in [1.29, 1.82) is 0 Å². The van der Waals surface area contributed by atoms with E-state index in [1.807, 2.05) is 36.4 Å². The summed E-state index contributed by atoms with van der Waals surface area (Å²) in [4.78, 5) is 21.3. The Morgan fingerprint density at radius 1 is 0.966 bits per heavy atom. The number of fused-ring (bicyclic) bond motifs is 1. The molecule has 0 saturated heterocycles. The van der Waals surface area contributed by atoms with Crippen LogP contribution in [0.5, 0.6) is 5.75 Å². The lowest BCUT2D eigenvalue weighted by molar-refractivity contribution is -0.122. The van der Waals surface area contributed by atoms with Gasteiger partial charge in [0.15, 0.2) is 6.10 Å². The van der Waals surface area contributed by atoms with Crippen LogP contribution in [-0.2, 0) is 4.79 Å². The van der Waals surface area contributed by atoms with E-state index in [1.165, 1.54) is 24.3 Å². The third-order valence-corrected chi connectivity index (χ3v) is 4.39. The quantitative estimate of drug-likeness (QED) is 0.532. The van der Waals surface area contributed by atoms with Gasteiger partial charge < -0.3 is 10.1 Å².